The topological polar surface area (TPSA) is 68.2 Å². The molecule has 0 radical (unpaired) electrons. The second-order valence-electron chi connectivity index (χ2n) is 4.45. The first-order chi connectivity index (χ1) is 10.8. The second-order valence-corrected chi connectivity index (χ2v) is 4.89. The van der Waals surface area contributed by atoms with Gasteiger partial charge in [0.15, 0.2) is 0 Å². The summed E-state index contributed by atoms with van der Waals surface area (Å²) in [5, 5.41) is 9.28. The van der Waals surface area contributed by atoms with Gasteiger partial charge in [-0.15, -0.1) is 0 Å². The number of rotatable bonds is 5. The average molecular weight is 349 g/mol. The Bertz CT molecular complexity index is 675. The Morgan fingerprint density at radius 3 is 2.74 bits per heavy atom. The smallest absolute Gasteiger partial charge is 0.350 e. The number of ether oxygens (including phenoxy) is 1. The van der Waals surface area contributed by atoms with Crippen molar-refractivity contribution in [2.45, 2.75) is 12.9 Å². The summed E-state index contributed by atoms with van der Waals surface area (Å²) >= 11 is 5.79. The number of alkyl halides is 3. The fourth-order valence-electron chi connectivity index (χ4n) is 1.61. The molecule has 0 unspecified atom stereocenters. The third-order valence-corrected chi connectivity index (χ3v) is 2.70. The fraction of sp³-hybridized carbons (Fsp3) is 0.231. The van der Waals surface area contributed by atoms with Gasteiger partial charge in [0.25, 0.3) is 0 Å². The highest BCUT2D eigenvalue weighted by Gasteiger charge is 2.27. The van der Waals surface area contributed by atoms with Crippen LogP contribution in [0.3, 0.4) is 0 Å². The first kappa shape index (κ1) is 17.1. The number of nitrogens with zero attached hydrogens (tertiary/aromatic N) is 2. The number of nitrogens with one attached hydrogen (secondary N) is 2. The van der Waals surface area contributed by atoms with Gasteiger partial charge >= 0.3 is 12.2 Å². The van der Waals surface area contributed by atoms with Crippen LogP contribution in [0, 0.1) is 0 Å². The van der Waals surface area contributed by atoms with Crippen LogP contribution in [0.2, 0.25) is 5.02 Å². The lowest BCUT2D eigenvalue weighted by Gasteiger charge is -2.07. The normalized spacial score (nSPS) is 11.3. The number of amides is 2. The Labute approximate surface area is 134 Å². The first-order valence-corrected chi connectivity index (χ1v) is 6.70. The number of hydrogen-bond acceptors (Lipinski definition) is 3. The number of anilines is 2. The minimum Gasteiger partial charge on any atom is -0.350 e. The van der Waals surface area contributed by atoms with Gasteiger partial charge in [0.1, 0.15) is 13.3 Å². The lowest BCUT2D eigenvalue weighted by molar-refractivity contribution is -0.182. The number of carbonyl (C=O) groups is 1. The monoisotopic (exact) mass is 348 g/mol. The molecule has 23 heavy (non-hydrogen) atoms. The maximum Gasteiger partial charge on any atom is 0.411 e. The SMILES string of the molecule is O=C(Nc1cccc(Cl)c1)Nc1cnn(COCC(F)(F)F)c1. The molecule has 0 fully saturated rings. The van der Waals surface area contributed by atoms with Crippen LogP contribution in [0.25, 0.3) is 0 Å². The van der Waals surface area contributed by atoms with E-state index in [1.807, 2.05) is 0 Å². The van der Waals surface area contributed by atoms with Crippen molar-refractivity contribution >= 4 is 29.0 Å². The summed E-state index contributed by atoms with van der Waals surface area (Å²) in [5.74, 6) is 0. The van der Waals surface area contributed by atoms with E-state index in [1.54, 1.807) is 24.3 Å². The summed E-state index contributed by atoms with van der Waals surface area (Å²) in [6.45, 7) is -1.75. The summed E-state index contributed by atoms with van der Waals surface area (Å²) in [5.41, 5.74) is 0.802. The predicted octanol–water partition coefficient (Wildman–Crippen LogP) is 3.72. The van der Waals surface area contributed by atoms with Gasteiger partial charge in [0.05, 0.1) is 18.1 Å². The fourth-order valence-corrected chi connectivity index (χ4v) is 1.80. The maximum atomic E-state index is 11.9. The Balaban J connectivity index is 1.82. The number of urea groups is 1. The van der Waals surface area contributed by atoms with Gasteiger partial charge in [-0.2, -0.15) is 18.3 Å². The van der Waals surface area contributed by atoms with Crippen molar-refractivity contribution in [3.8, 4) is 0 Å². The number of carbonyl (C=O) groups excluding carboxylic acids is 1. The van der Waals surface area contributed by atoms with Crippen LogP contribution in [-0.2, 0) is 11.5 Å². The zero-order chi connectivity index (χ0) is 16.9. The van der Waals surface area contributed by atoms with E-state index >= 15 is 0 Å². The van der Waals surface area contributed by atoms with E-state index < -0.39 is 18.8 Å². The average Bonchev–Trinajstić information content (AvgIpc) is 2.84. The molecule has 0 aliphatic heterocycles. The van der Waals surface area contributed by atoms with Gasteiger partial charge in [-0.3, -0.25) is 0 Å². The lowest BCUT2D eigenvalue weighted by atomic mass is 10.3. The third kappa shape index (κ3) is 6.17. The molecule has 1 aromatic carbocycles. The molecule has 0 aliphatic rings. The molecule has 0 saturated heterocycles. The van der Waals surface area contributed by atoms with E-state index in [2.05, 4.69) is 20.5 Å². The van der Waals surface area contributed by atoms with Gasteiger partial charge in [-0.25, -0.2) is 9.48 Å². The highest BCUT2D eigenvalue weighted by molar-refractivity contribution is 6.30. The van der Waals surface area contributed by atoms with E-state index in [9.17, 15) is 18.0 Å². The summed E-state index contributed by atoms with van der Waals surface area (Å²) in [7, 11) is 0. The molecule has 1 aromatic heterocycles. The predicted molar refractivity (Wildman–Crippen MR) is 78.3 cm³/mol. The van der Waals surface area contributed by atoms with E-state index in [0.29, 0.717) is 16.4 Å². The standard InChI is InChI=1S/C13H12ClF3N4O2/c14-9-2-1-3-10(4-9)19-12(22)20-11-5-18-21(6-11)8-23-7-13(15,16)17/h1-6H,7-8H2,(H2,19,20,22). The Kier molecular flexibility index (Phi) is 5.45. The van der Waals surface area contributed by atoms with Crippen molar-refractivity contribution in [2.24, 2.45) is 0 Å². The molecule has 0 aliphatic carbocycles. The quantitative estimate of drug-likeness (QED) is 0.865. The van der Waals surface area contributed by atoms with Crippen LogP contribution < -0.4 is 10.6 Å². The molecular weight excluding hydrogens is 337 g/mol. The van der Waals surface area contributed by atoms with Gasteiger partial charge in [-0.05, 0) is 18.2 Å². The second kappa shape index (κ2) is 7.34. The van der Waals surface area contributed by atoms with Crippen molar-refractivity contribution in [3.63, 3.8) is 0 Å². The van der Waals surface area contributed by atoms with Gasteiger partial charge < -0.3 is 15.4 Å². The molecule has 0 spiro atoms. The molecule has 2 aromatic rings. The molecule has 124 valence electrons. The van der Waals surface area contributed by atoms with Crippen molar-refractivity contribution < 1.29 is 22.7 Å². The molecule has 6 nitrogen and oxygen atoms in total. The van der Waals surface area contributed by atoms with E-state index in [1.165, 1.54) is 12.4 Å². The van der Waals surface area contributed by atoms with E-state index in [0.717, 1.165) is 4.68 Å². The minimum absolute atomic E-state index is 0.306. The molecule has 10 heteroatoms. The van der Waals surface area contributed by atoms with Gasteiger partial charge in [0, 0.05) is 10.7 Å². The summed E-state index contributed by atoms with van der Waals surface area (Å²) in [4.78, 5) is 11.8. The summed E-state index contributed by atoms with van der Waals surface area (Å²) in [6.07, 6.45) is -1.77. The third-order valence-electron chi connectivity index (χ3n) is 2.46. The molecule has 2 amide bonds. The summed E-state index contributed by atoms with van der Waals surface area (Å²) < 4.78 is 41.4. The Hall–Kier alpha value is -2.26. The van der Waals surface area contributed by atoms with E-state index in [4.69, 9.17) is 11.6 Å². The highest BCUT2D eigenvalue weighted by Crippen LogP contribution is 2.16. The zero-order valence-electron chi connectivity index (χ0n) is 11.6. The van der Waals surface area contributed by atoms with Crippen LogP contribution >= 0.6 is 11.6 Å². The molecule has 0 saturated carbocycles. The molecule has 2 N–H and O–H groups in total. The van der Waals surface area contributed by atoms with Crippen LogP contribution in [0.5, 0.6) is 0 Å². The molecule has 0 bridgehead atoms. The molecule has 2 rings (SSSR count). The zero-order valence-corrected chi connectivity index (χ0v) is 12.4. The van der Waals surface area contributed by atoms with E-state index in [-0.39, 0.29) is 6.73 Å². The molecule has 0 atom stereocenters. The van der Waals surface area contributed by atoms with Gasteiger partial charge in [-0.1, -0.05) is 17.7 Å². The molecule has 1 heterocycles. The van der Waals surface area contributed by atoms with Crippen LogP contribution in [0.15, 0.2) is 36.7 Å². The Morgan fingerprint density at radius 2 is 2.04 bits per heavy atom. The highest BCUT2D eigenvalue weighted by atomic mass is 35.5. The van der Waals surface area contributed by atoms with Crippen LogP contribution in [0.4, 0.5) is 29.3 Å². The number of halogens is 4. The molecular formula is C13H12ClF3N4O2. The number of benzene rings is 1. The number of hydrogen-bond donors (Lipinski definition) is 2. The van der Waals surface area contributed by atoms with Crippen molar-refractivity contribution in [2.75, 3.05) is 17.2 Å². The minimum atomic E-state index is -4.40. The largest absolute Gasteiger partial charge is 0.411 e. The number of aromatic nitrogens is 2. The van der Waals surface area contributed by atoms with Gasteiger partial charge in [0.2, 0.25) is 0 Å². The Morgan fingerprint density at radius 1 is 1.30 bits per heavy atom. The van der Waals surface area contributed by atoms with Crippen molar-refractivity contribution in [1.82, 2.24) is 9.78 Å². The summed E-state index contributed by atoms with van der Waals surface area (Å²) in [6, 6.07) is 6.02. The van der Waals surface area contributed by atoms with Crippen molar-refractivity contribution in [1.29, 1.82) is 0 Å². The van der Waals surface area contributed by atoms with Crippen molar-refractivity contribution in [3.05, 3.63) is 41.7 Å². The van der Waals surface area contributed by atoms with Crippen LogP contribution in [0.1, 0.15) is 0 Å². The lowest BCUT2D eigenvalue weighted by Crippen LogP contribution is -2.19. The first-order valence-electron chi connectivity index (χ1n) is 6.32. The maximum absolute atomic E-state index is 11.9. The van der Waals surface area contributed by atoms with Crippen LogP contribution in [-0.4, -0.2) is 28.6 Å².